The lowest BCUT2D eigenvalue weighted by Gasteiger charge is -2.36. The second-order valence-corrected chi connectivity index (χ2v) is 4.47. The van der Waals surface area contributed by atoms with Crippen LogP contribution in [0, 0.1) is 0 Å². The monoisotopic (exact) mass is 230 g/mol. The number of amides is 2. The van der Waals surface area contributed by atoms with E-state index in [-0.39, 0.29) is 12.1 Å². The summed E-state index contributed by atoms with van der Waals surface area (Å²) in [7, 11) is 1.61. The highest BCUT2D eigenvalue weighted by molar-refractivity contribution is 5.74. The smallest absolute Gasteiger partial charge is 0.315 e. The second-order valence-electron chi connectivity index (χ2n) is 4.47. The predicted octanol–water partition coefficient (Wildman–Crippen LogP) is 0.626. The van der Waals surface area contributed by atoms with Crippen molar-refractivity contribution in [2.24, 2.45) is 0 Å². The van der Waals surface area contributed by atoms with E-state index < -0.39 is 5.60 Å². The molecule has 0 heterocycles. The molecular weight excluding hydrogens is 208 g/mol. The van der Waals surface area contributed by atoms with E-state index in [1.54, 1.807) is 7.11 Å². The van der Waals surface area contributed by atoms with Gasteiger partial charge in [0.2, 0.25) is 0 Å². The molecule has 1 atom stereocenters. The van der Waals surface area contributed by atoms with E-state index in [1.165, 1.54) is 0 Å². The lowest BCUT2D eigenvalue weighted by molar-refractivity contribution is -0.0291. The van der Waals surface area contributed by atoms with Crippen molar-refractivity contribution in [2.75, 3.05) is 20.3 Å². The molecule has 16 heavy (non-hydrogen) atoms. The molecule has 0 radical (unpaired) electrons. The summed E-state index contributed by atoms with van der Waals surface area (Å²) >= 11 is 0. The van der Waals surface area contributed by atoms with E-state index in [0.29, 0.717) is 13.2 Å². The number of rotatable bonds is 6. The van der Waals surface area contributed by atoms with Crippen LogP contribution in [0.4, 0.5) is 4.79 Å². The first-order chi connectivity index (χ1) is 7.59. The molecule has 2 amide bonds. The summed E-state index contributed by atoms with van der Waals surface area (Å²) < 4.78 is 4.98. The van der Waals surface area contributed by atoms with Crippen molar-refractivity contribution in [3.05, 3.63) is 0 Å². The first-order valence-electron chi connectivity index (χ1n) is 5.85. The minimum atomic E-state index is -0.666. The Hall–Kier alpha value is -0.810. The quantitative estimate of drug-likeness (QED) is 0.626. The van der Waals surface area contributed by atoms with Gasteiger partial charge >= 0.3 is 6.03 Å². The van der Waals surface area contributed by atoms with Gasteiger partial charge in [-0.15, -0.1) is 0 Å². The van der Waals surface area contributed by atoms with Crippen LogP contribution in [-0.4, -0.2) is 43.0 Å². The Morgan fingerprint density at radius 2 is 2.25 bits per heavy atom. The van der Waals surface area contributed by atoms with Crippen molar-refractivity contribution < 1.29 is 14.6 Å². The van der Waals surface area contributed by atoms with Gasteiger partial charge in [0, 0.05) is 13.7 Å². The van der Waals surface area contributed by atoms with Gasteiger partial charge in [0.05, 0.1) is 18.2 Å². The van der Waals surface area contributed by atoms with Gasteiger partial charge in [0.1, 0.15) is 0 Å². The van der Waals surface area contributed by atoms with Crippen LogP contribution in [-0.2, 0) is 4.74 Å². The Bertz CT molecular complexity index is 229. The number of methoxy groups -OCH3 is 1. The van der Waals surface area contributed by atoms with Gasteiger partial charge in [-0.25, -0.2) is 4.79 Å². The van der Waals surface area contributed by atoms with Crippen LogP contribution in [0.25, 0.3) is 0 Å². The molecule has 0 saturated heterocycles. The third kappa shape index (κ3) is 3.98. The van der Waals surface area contributed by atoms with Gasteiger partial charge in [-0.1, -0.05) is 6.92 Å². The fourth-order valence-electron chi connectivity index (χ4n) is 1.71. The van der Waals surface area contributed by atoms with Crippen molar-refractivity contribution in [3.63, 3.8) is 0 Å². The number of nitrogens with one attached hydrogen (secondary N) is 2. The van der Waals surface area contributed by atoms with Crippen molar-refractivity contribution in [1.82, 2.24) is 10.6 Å². The molecule has 0 aromatic rings. The Balaban J connectivity index is 2.18. The lowest BCUT2D eigenvalue weighted by Crippen LogP contribution is -2.52. The Kier molecular flexibility index (Phi) is 5.02. The predicted molar refractivity (Wildman–Crippen MR) is 61.3 cm³/mol. The van der Waals surface area contributed by atoms with Crippen LogP contribution in [0.15, 0.2) is 0 Å². The van der Waals surface area contributed by atoms with Gasteiger partial charge < -0.3 is 20.5 Å². The summed E-state index contributed by atoms with van der Waals surface area (Å²) in [5.41, 5.74) is -0.666. The molecule has 3 N–H and O–H groups in total. The third-order valence-electron chi connectivity index (χ3n) is 3.06. The highest BCUT2D eigenvalue weighted by Gasteiger charge is 2.34. The summed E-state index contributed by atoms with van der Waals surface area (Å²) in [6.45, 7) is 2.83. The molecule has 1 rings (SSSR count). The van der Waals surface area contributed by atoms with Gasteiger partial charge in [-0.05, 0) is 25.7 Å². The largest absolute Gasteiger partial charge is 0.388 e. The molecule has 1 unspecified atom stereocenters. The average Bonchev–Trinajstić information content (AvgIpc) is 2.23. The molecule has 94 valence electrons. The SMILES string of the molecule is CCC(COC)NC(=O)NCC1(O)CCC1. The zero-order valence-electron chi connectivity index (χ0n) is 10.1. The summed E-state index contributed by atoms with van der Waals surface area (Å²) in [6.07, 6.45) is 3.43. The van der Waals surface area contributed by atoms with Gasteiger partial charge in [0.25, 0.3) is 0 Å². The molecule has 0 aliphatic heterocycles. The Labute approximate surface area is 96.6 Å². The highest BCUT2D eigenvalue weighted by Crippen LogP contribution is 2.30. The van der Waals surface area contributed by atoms with Crippen LogP contribution >= 0.6 is 0 Å². The summed E-state index contributed by atoms with van der Waals surface area (Å²) in [4.78, 5) is 11.5. The standard InChI is InChI=1S/C11H22N2O3/c1-3-9(7-16-2)13-10(14)12-8-11(15)5-4-6-11/h9,15H,3-8H2,1-2H3,(H2,12,13,14). The van der Waals surface area contributed by atoms with Gasteiger partial charge in [0.15, 0.2) is 0 Å². The maximum atomic E-state index is 11.5. The molecule has 0 bridgehead atoms. The van der Waals surface area contributed by atoms with E-state index in [4.69, 9.17) is 4.74 Å². The van der Waals surface area contributed by atoms with Crippen molar-refractivity contribution in [2.45, 2.75) is 44.2 Å². The first-order valence-corrected chi connectivity index (χ1v) is 5.85. The zero-order chi connectivity index (χ0) is 12.0. The number of hydrogen-bond acceptors (Lipinski definition) is 3. The number of ether oxygens (including phenoxy) is 1. The van der Waals surface area contributed by atoms with Crippen molar-refractivity contribution in [3.8, 4) is 0 Å². The fraction of sp³-hybridized carbons (Fsp3) is 0.909. The van der Waals surface area contributed by atoms with E-state index in [1.807, 2.05) is 6.92 Å². The average molecular weight is 230 g/mol. The number of carbonyl (C=O) groups excluding carboxylic acids is 1. The molecular formula is C11H22N2O3. The van der Waals surface area contributed by atoms with E-state index >= 15 is 0 Å². The van der Waals surface area contributed by atoms with Crippen LogP contribution in [0.5, 0.6) is 0 Å². The maximum Gasteiger partial charge on any atom is 0.315 e. The molecule has 1 fully saturated rings. The maximum absolute atomic E-state index is 11.5. The fourth-order valence-corrected chi connectivity index (χ4v) is 1.71. The molecule has 5 heteroatoms. The lowest BCUT2D eigenvalue weighted by atomic mass is 9.80. The molecule has 1 aliphatic rings. The van der Waals surface area contributed by atoms with Crippen molar-refractivity contribution >= 4 is 6.03 Å². The summed E-state index contributed by atoms with van der Waals surface area (Å²) in [6, 6.07) is -0.203. The molecule has 0 aromatic heterocycles. The van der Waals surface area contributed by atoms with Crippen LogP contribution in [0.2, 0.25) is 0 Å². The minimum Gasteiger partial charge on any atom is -0.388 e. The Morgan fingerprint density at radius 1 is 1.56 bits per heavy atom. The number of urea groups is 1. The van der Waals surface area contributed by atoms with Crippen LogP contribution in [0.1, 0.15) is 32.6 Å². The molecule has 1 saturated carbocycles. The van der Waals surface area contributed by atoms with E-state index in [0.717, 1.165) is 25.7 Å². The zero-order valence-corrected chi connectivity index (χ0v) is 10.1. The number of aliphatic hydroxyl groups is 1. The minimum absolute atomic E-state index is 0.0287. The number of carbonyl (C=O) groups is 1. The van der Waals surface area contributed by atoms with Crippen LogP contribution < -0.4 is 10.6 Å². The van der Waals surface area contributed by atoms with E-state index in [9.17, 15) is 9.90 Å². The van der Waals surface area contributed by atoms with Gasteiger partial charge in [-0.3, -0.25) is 0 Å². The molecule has 1 aliphatic carbocycles. The van der Waals surface area contributed by atoms with E-state index in [2.05, 4.69) is 10.6 Å². The normalized spacial score (nSPS) is 19.7. The Morgan fingerprint density at radius 3 is 2.69 bits per heavy atom. The van der Waals surface area contributed by atoms with Crippen LogP contribution in [0.3, 0.4) is 0 Å². The highest BCUT2D eigenvalue weighted by atomic mass is 16.5. The van der Waals surface area contributed by atoms with Crippen molar-refractivity contribution in [1.29, 1.82) is 0 Å². The molecule has 0 aromatic carbocycles. The topological polar surface area (TPSA) is 70.6 Å². The summed E-state index contributed by atoms with van der Waals surface area (Å²) in [5, 5.41) is 15.3. The third-order valence-corrected chi connectivity index (χ3v) is 3.06. The van der Waals surface area contributed by atoms with Gasteiger partial charge in [-0.2, -0.15) is 0 Å². The summed E-state index contributed by atoms with van der Waals surface area (Å²) in [5.74, 6) is 0. The number of hydrogen-bond donors (Lipinski definition) is 3. The molecule has 5 nitrogen and oxygen atoms in total. The molecule has 0 spiro atoms. The second kappa shape index (κ2) is 6.06. The first kappa shape index (κ1) is 13.3.